The predicted octanol–water partition coefficient (Wildman–Crippen LogP) is 25.1. The van der Waals surface area contributed by atoms with E-state index in [1.165, 1.54) is 308 Å². The Balaban J connectivity index is 2.53. The van der Waals surface area contributed by atoms with Gasteiger partial charge in [-0.05, 0) is 78.3 Å². The van der Waals surface area contributed by atoms with Crippen LogP contribution in [-0.2, 0) is 57.2 Å². The monoisotopic (exact) mass is 1590 g/mol. The Hall–Kier alpha value is -3.34. The van der Waals surface area contributed by atoms with E-state index in [4.69, 9.17) is 28.4 Å². The van der Waals surface area contributed by atoms with Gasteiger partial charge in [-0.1, -0.05) is 362 Å². The van der Waals surface area contributed by atoms with Gasteiger partial charge in [-0.15, -0.1) is 0 Å². The summed E-state index contributed by atoms with van der Waals surface area (Å²) in [5.41, 5.74) is 0. The highest BCUT2D eigenvalue weighted by molar-refractivity contribution is 5.71. The maximum Gasteiger partial charge on any atom is 0.307 e. The number of rotatable bonds is 88. The fourth-order valence-electron chi connectivity index (χ4n) is 15.7. The number of hydrogen-bond acceptors (Lipinski definition) is 16. The minimum Gasteiger partial charge on any atom is -0.466 e. The lowest BCUT2D eigenvalue weighted by atomic mass is 10.0. The highest BCUT2D eigenvalue weighted by Gasteiger charge is 2.29. The lowest BCUT2D eigenvalue weighted by Gasteiger charge is -2.44. The van der Waals surface area contributed by atoms with Crippen molar-refractivity contribution in [3.05, 3.63) is 0 Å². The Morgan fingerprint density at radius 2 is 0.384 bits per heavy atom. The summed E-state index contributed by atoms with van der Waals surface area (Å²) in [7, 11) is 0. The van der Waals surface area contributed by atoms with Gasteiger partial charge in [0.2, 0.25) is 0 Å². The number of nitrogens with zero attached hydrogens (tertiary/aromatic N) is 4. The van der Waals surface area contributed by atoms with Crippen molar-refractivity contribution >= 4 is 35.8 Å². The Kier molecular flexibility index (Phi) is 80.1. The summed E-state index contributed by atoms with van der Waals surface area (Å²) in [4.78, 5) is 86.8. The van der Waals surface area contributed by atoms with Crippen molar-refractivity contribution in [2.75, 3.05) is 105 Å². The number of carbonyl (C=O) groups excluding carboxylic acids is 6. The molecule has 1 fully saturated rings. The number of hydrogen-bond donors (Lipinski definition) is 0. The third-order valence-corrected chi connectivity index (χ3v) is 23.3. The van der Waals surface area contributed by atoms with E-state index in [2.05, 4.69) is 61.1 Å². The van der Waals surface area contributed by atoms with Crippen molar-refractivity contribution in [2.45, 2.75) is 477 Å². The fraction of sp³-hybridized carbons (Fsp3) is 0.938. The number of esters is 6. The van der Waals surface area contributed by atoms with Crippen LogP contribution in [0.2, 0.25) is 0 Å². The van der Waals surface area contributed by atoms with Gasteiger partial charge in [0.1, 0.15) is 13.2 Å². The summed E-state index contributed by atoms with van der Waals surface area (Å²) in [6.45, 7) is 22.1. The highest BCUT2D eigenvalue weighted by Crippen LogP contribution is 2.21. The molecule has 0 bridgehead atoms. The van der Waals surface area contributed by atoms with Crippen LogP contribution in [0.1, 0.15) is 465 Å². The van der Waals surface area contributed by atoms with Crippen LogP contribution in [0.25, 0.3) is 0 Å². The van der Waals surface area contributed by atoms with Crippen molar-refractivity contribution in [1.82, 2.24) is 19.6 Å². The summed E-state index contributed by atoms with van der Waals surface area (Å²) in [6.07, 6.45) is 76.3. The molecule has 16 nitrogen and oxygen atoms in total. The molecule has 0 aromatic carbocycles. The van der Waals surface area contributed by atoms with E-state index in [9.17, 15) is 28.8 Å². The Bertz CT molecular complexity index is 1840. The smallest absolute Gasteiger partial charge is 0.307 e. The predicted molar refractivity (Wildman–Crippen MR) is 468 cm³/mol. The van der Waals surface area contributed by atoms with E-state index < -0.39 is 0 Å². The van der Waals surface area contributed by atoms with E-state index in [0.29, 0.717) is 118 Å². The van der Waals surface area contributed by atoms with Crippen LogP contribution in [0.5, 0.6) is 0 Å². The van der Waals surface area contributed by atoms with Crippen LogP contribution < -0.4 is 0 Å². The van der Waals surface area contributed by atoms with Gasteiger partial charge in [0.15, 0.2) is 0 Å². The molecule has 112 heavy (non-hydrogen) atoms. The van der Waals surface area contributed by atoms with Gasteiger partial charge in [0.05, 0.1) is 52.1 Å². The zero-order chi connectivity index (χ0) is 81.2. The second kappa shape index (κ2) is 84.1. The molecule has 1 rings (SSSR count). The van der Waals surface area contributed by atoms with E-state index in [-0.39, 0.29) is 73.6 Å². The third-order valence-electron chi connectivity index (χ3n) is 23.3. The highest BCUT2D eigenvalue weighted by atomic mass is 16.6. The summed E-state index contributed by atoms with van der Waals surface area (Å²) in [5, 5.41) is 0. The lowest BCUT2D eigenvalue weighted by Crippen LogP contribution is -2.57. The molecule has 0 aliphatic carbocycles. The molecule has 0 radical (unpaired) electrons. The molecule has 1 aliphatic heterocycles. The van der Waals surface area contributed by atoms with E-state index in [1.54, 1.807) is 0 Å². The normalized spacial score (nSPS) is 14.0. The molecule has 16 heteroatoms. The largest absolute Gasteiger partial charge is 0.466 e. The molecule has 660 valence electrons. The molecular weight excluding hydrogens is 1400 g/mol. The number of piperazine rings is 1. The Morgan fingerprint density at radius 1 is 0.214 bits per heavy atom. The average molecular weight is 1590 g/mol. The Morgan fingerprint density at radius 3 is 0.580 bits per heavy atom. The number of unbranched alkanes of at least 4 members (excludes halogenated alkanes) is 54. The van der Waals surface area contributed by atoms with Crippen molar-refractivity contribution in [3.8, 4) is 0 Å². The fourth-order valence-corrected chi connectivity index (χ4v) is 15.7. The van der Waals surface area contributed by atoms with E-state index in [0.717, 1.165) is 77.3 Å². The van der Waals surface area contributed by atoms with E-state index >= 15 is 0 Å². The maximum atomic E-state index is 13.0. The second-order valence-corrected chi connectivity index (χ2v) is 34.0. The second-order valence-electron chi connectivity index (χ2n) is 34.0. The van der Waals surface area contributed by atoms with Crippen LogP contribution in [0.3, 0.4) is 0 Å². The zero-order valence-electron chi connectivity index (χ0n) is 74.8. The van der Waals surface area contributed by atoms with Crippen LogP contribution in [-0.4, -0.2) is 173 Å². The van der Waals surface area contributed by atoms with Crippen molar-refractivity contribution in [1.29, 1.82) is 0 Å². The molecule has 1 heterocycles. The van der Waals surface area contributed by atoms with Gasteiger partial charge in [-0.2, -0.15) is 0 Å². The van der Waals surface area contributed by atoms with Crippen molar-refractivity contribution in [2.24, 2.45) is 0 Å². The molecule has 0 spiro atoms. The van der Waals surface area contributed by atoms with Gasteiger partial charge >= 0.3 is 35.8 Å². The number of carbonyl (C=O) groups is 6. The first-order chi connectivity index (χ1) is 54.9. The molecule has 0 aromatic heterocycles. The SMILES string of the molecule is CCCCCCCCCCCCCCCCOC(=O)CCN(CCCCC(=O)OCCN1CC(C)N(CCOC(=O)CCCCN(CCC(=O)OCCCCCCCCCCCCCCCC)CCC(=O)OCCCCCCCCCCCCCCCC)CC1C)CCC(=O)OCCCCCCCCCCCCCCCC. The quantitative estimate of drug-likeness (QED) is 0.0320. The lowest BCUT2D eigenvalue weighted by molar-refractivity contribution is -0.146. The molecule has 1 aliphatic rings. The standard InChI is InChI=1S/C96H184N4O12/c1-7-11-15-19-23-27-31-35-39-43-47-51-55-63-81-107-93(103)69-75-97(76-70-94(104)108-82-64-56-52-48-44-40-36-32-28-24-20-16-12-8-2)73-61-59-67-91(101)111-85-79-99-87-90(6)100(88-89(99)5)80-86-112-92(102)68-60-62-74-98(77-71-95(105)109-83-65-57-53-49-45-41-37-33-29-25-21-17-13-9-3)78-72-96(106)110-84-66-58-54-50-46-42-38-34-30-26-22-18-14-10-4/h89-90H,7-88H2,1-6H3. The molecule has 0 N–H and O–H groups in total. The van der Waals surface area contributed by atoms with Gasteiger partial charge in [-0.25, -0.2) is 0 Å². The minimum atomic E-state index is -0.214. The Labute approximate surface area is 691 Å². The van der Waals surface area contributed by atoms with Crippen molar-refractivity contribution in [3.63, 3.8) is 0 Å². The van der Waals surface area contributed by atoms with Crippen LogP contribution >= 0.6 is 0 Å². The third kappa shape index (κ3) is 74.2. The molecule has 0 amide bonds. The first-order valence-electron chi connectivity index (χ1n) is 48.8. The minimum absolute atomic E-state index is 0.200. The molecular formula is C96H184N4O12. The molecule has 0 aromatic rings. The molecule has 0 saturated carbocycles. The van der Waals surface area contributed by atoms with Gasteiger partial charge in [-0.3, -0.25) is 38.6 Å². The summed E-state index contributed by atoms with van der Waals surface area (Å²) < 4.78 is 34.2. The molecule has 2 unspecified atom stereocenters. The summed E-state index contributed by atoms with van der Waals surface area (Å²) in [6, 6.07) is 0.461. The van der Waals surface area contributed by atoms with Crippen LogP contribution in [0, 0.1) is 0 Å². The van der Waals surface area contributed by atoms with Gasteiger partial charge in [0, 0.05) is 77.3 Å². The van der Waals surface area contributed by atoms with Crippen LogP contribution in [0.4, 0.5) is 0 Å². The maximum absolute atomic E-state index is 13.0. The van der Waals surface area contributed by atoms with Gasteiger partial charge < -0.3 is 38.2 Å². The number of ether oxygens (including phenoxy) is 6. The summed E-state index contributed by atoms with van der Waals surface area (Å²) in [5.74, 6) is -1.23. The first-order valence-corrected chi connectivity index (χ1v) is 48.8. The van der Waals surface area contributed by atoms with Gasteiger partial charge in [0.25, 0.3) is 0 Å². The average Bonchev–Trinajstić information content (AvgIpc) is 0.845. The van der Waals surface area contributed by atoms with Crippen LogP contribution in [0.15, 0.2) is 0 Å². The molecule has 1 saturated heterocycles. The first kappa shape index (κ1) is 107. The zero-order valence-corrected chi connectivity index (χ0v) is 74.8. The van der Waals surface area contributed by atoms with Crippen molar-refractivity contribution < 1.29 is 57.2 Å². The topological polar surface area (TPSA) is 171 Å². The van der Waals surface area contributed by atoms with E-state index in [1.807, 2.05) is 0 Å². The molecule has 2 atom stereocenters. The summed E-state index contributed by atoms with van der Waals surface area (Å²) >= 11 is 0.